The molecule has 2 aliphatic heterocycles. The summed E-state index contributed by atoms with van der Waals surface area (Å²) in [6.07, 6.45) is -15.3. The number of carbonyl (C=O) groups excluding carboxylic acids is 1. The highest BCUT2D eigenvalue weighted by Crippen LogP contribution is 2.26. The van der Waals surface area contributed by atoms with Gasteiger partial charge >= 0.3 is 36.4 Å². The van der Waals surface area contributed by atoms with E-state index < -0.39 is 36.4 Å². The maximum atomic E-state index is 14.9. The number of piperazine rings is 2. The van der Waals surface area contributed by atoms with E-state index in [-0.39, 0.29) is 11.7 Å². The van der Waals surface area contributed by atoms with Crippen molar-refractivity contribution in [2.75, 3.05) is 59.4 Å². The molecule has 12 nitrogen and oxygen atoms in total. The molecule has 344 valence electrons. The third-order valence-electron chi connectivity index (χ3n) is 9.58. The van der Waals surface area contributed by atoms with Crippen molar-refractivity contribution in [3.63, 3.8) is 0 Å². The summed E-state index contributed by atoms with van der Waals surface area (Å²) in [6, 6.07) is 21.7. The molecule has 5 rings (SSSR count). The van der Waals surface area contributed by atoms with Crippen molar-refractivity contribution in [3.8, 4) is 11.1 Å². The third kappa shape index (κ3) is 18.7. The van der Waals surface area contributed by atoms with Crippen LogP contribution in [-0.4, -0.2) is 137 Å². The van der Waals surface area contributed by atoms with Crippen LogP contribution in [0.1, 0.15) is 40.9 Å². The van der Waals surface area contributed by atoms with Crippen molar-refractivity contribution >= 4 is 23.8 Å². The summed E-state index contributed by atoms with van der Waals surface area (Å²) in [5.41, 5.74) is 5.29. The van der Waals surface area contributed by atoms with Crippen molar-refractivity contribution < 1.29 is 82.9 Å². The van der Waals surface area contributed by atoms with Gasteiger partial charge in [-0.3, -0.25) is 14.6 Å². The van der Waals surface area contributed by atoms with Gasteiger partial charge in [-0.05, 0) is 66.4 Å². The number of hydrogen-bond acceptors (Lipinski definition) is 7. The van der Waals surface area contributed by atoms with Gasteiger partial charge in [-0.1, -0.05) is 36.4 Å². The Morgan fingerprint density at radius 3 is 1.73 bits per heavy atom. The molecule has 2 fully saturated rings. The molecule has 0 unspecified atom stereocenters. The van der Waals surface area contributed by atoms with Crippen LogP contribution < -0.4 is 10.6 Å². The number of quaternary nitrogens is 1. The van der Waals surface area contributed by atoms with Crippen LogP contribution in [0.5, 0.6) is 0 Å². The van der Waals surface area contributed by atoms with Crippen LogP contribution in [0.15, 0.2) is 66.7 Å². The van der Waals surface area contributed by atoms with E-state index in [9.17, 15) is 48.7 Å². The minimum atomic E-state index is -5.08. The first-order valence-electron chi connectivity index (χ1n) is 18.8. The standard InChI is InChI=1S/C34H44FN5O.3C2HF3O2/c1-4-40(3)17-15-38(16-18-40)24-29-8-6-10-31(20-29)34(41)37-22-27-11-12-33(35)32(21-27)30-9-5-7-28(19-30)25-39-14-13-36-26(2)23-39;3*3-2(4,5)1(6)7/h5-12,19-21,26,36H,4,13-18,22-25H2,1-3H3;3*(H,6,7)/p+1/t26-;;;/m0.../s1. The second-order valence-electron chi connectivity index (χ2n) is 14.6. The van der Waals surface area contributed by atoms with Gasteiger partial charge in [-0.15, -0.1) is 0 Å². The SMILES string of the molecule is CC[N+]1(C)CCN(Cc2cccc(C(=O)NCc3ccc(F)c(-c4cccc(CN5CCN[C@@H](C)C5)c4)c3)c2)CC1.O=C(O)C(F)(F)F.O=C(O)C(F)(F)F.O=C(O)C(F)(F)F. The molecule has 22 heteroatoms. The van der Waals surface area contributed by atoms with E-state index in [1.54, 1.807) is 6.07 Å². The van der Waals surface area contributed by atoms with E-state index in [0.29, 0.717) is 23.7 Å². The fourth-order valence-corrected chi connectivity index (χ4v) is 5.97. The molecule has 0 bridgehead atoms. The first-order valence-corrected chi connectivity index (χ1v) is 18.8. The van der Waals surface area contributed by atoms with Crippen LogP contribution in [0.25, 0.3) is 11.1 Å². The molecule has 0 aromatic heterocycles. The number of aliphatic carboxylic acids is 3. The molecule has 0 spiro atoms. The van der Waals surface area contributed by atoms with Gasteiger partial charge in [0, 0.05) is 69.5 Å². The van der Waals surface area contributed by atoms with Gasteiger partial charge in [0.2, 0.25) is 0 Å². The molecule has 62 heavy (non-hydrogen) atoms. The lowest BCUT2D eigenvalue weighted by atomic mass is 10.00. The van der Waals surface area contributed by atoms with Crippen LogP contribution in [0.2, 0.25) is 0 Å². The van der Waals surface area contributed by atoms with Gasteiger partial charge in [0.25, 0.3) is 5.91 Å². The first kappa shape index (κ1) is 52.8. The van der Waals surface area contributed by atoms with Crippen molar-refractivity contribution in [2.45, 2.75) is 58.1 Å². The Balaban J connectivity index is 0.000000519. The van der Waals surface area contributed by atoms with Gasteiger partial charge in [0.05, 0.1) is 26.7 Å². The maximum absolute atomic E-state index is 14.9. The molecule has 0 saturated carbocycles. The normalized spacial score (nSPS) is 16.8. The average Bonchev–Trinajstić information content (AvgIpc) is 3.18. The number of nitrogens with one attached hydrogen (secondary N) is 2. The fraction of sp³-hybridized carbons (Fsp3) is 0.450. The molecule has 1 atom stereocenters. The number of carboxylic acids is 3. The van der Waals surface area contributed by atoms with Gasteiger partial charge in [-0.25, -0.2) is 18.8 Å². The smallest absolute Gasteiger partial charge is 0.475 e. The van der Waals surface area contributed by atoms with E-state index in [0.717, 1.165) is 80.1 Å². The zero-order valence-electron chi connectivity index (χ0n) is 33.8. The van der Waals surface area contributed by atoms with E-state index in [2.05, 4.69) is 59.5 Å². The summed E-state index contributed by atoms with van der Waals surface area (Å²) in [5, 5.41) is 27.9. The molecule has 0 aliphatic carbocycles. The van der Waals surface area contributed by atoms with Crippen molar-refractivity contribution in [1.29, 1.82) is 0 Å². The fourth-order valence-electron chi connectivity index (χ4n) is 5.97. The minimum Gasteiger partial charge on any atom is -0.475 e. The zero-order valence-corrected chi connectivity index (χ0v) is 33.8. The van der Waals surface area contributed by atoms with Crippen molar-refractivity contribution in [1.82, 2.24) is 20.4 Å². The summed E-state index contributed by atoms with van der Waals surface area (Å²) < 4.78 is 111. The van der Waals surface area contributed by atoms with Crippen LogP contribution in [-0.2, 0) is 34.0 Å². The predicted octanol–water partition coefficient (Wildman–Crippen LogP) is 6.40. The molecule has 2 heterocycles. The van der Waals surface area contributed by atoms with Crippen molar-refractivity contribution in [2.24, 2.45) is 0 Å². The quantitative estimate of drug-likeness (QED) is 0.120. The monoisotopic (exact) mass is 900 g/mol. The summed E-state index contributed by atoms with van der Waals surface area (Å²) >= 11 is 0. The highest BCUT2D eigenvalue weighted by atomic mass is 19.4. The van der Waals surface area contributed by atoms with Crippen LogP contribution in [0.4, 0.5) is 43.9 Å². The molecular weight excluding hydrogens is 852 g/mol. The number of rotatable bonds is 9. The number of likely N-dealkylation sites (N-methyl/N-ethyl adjacent to an activating group) is 1. The van der Waals surface area contributed by atoms with Gasteiger partial charge < -0.3 is 30.4 Å². The lowest BCUT2D eigenvalue weighted by molar-refractivity contribution is -0.912. The molecule has 0 radical (unpaired) electrons. The highest BCUT2D eigenvalue weighted by molar-refractivity contribution is 5.94. The molecule has 3 aromatic rings. The van der Waals surface area contributed by atoms with Crippen LogP contribution >= 0.6 is 0 Å². The molecule has 1 amide bonds. The Kier molecular flexibility index (Phi) is 19.8. The van der Waals surface area contributed by atoms with Crippen LogP contribution in [0.3, 0.4) is 0 Å². The molecule has 3 aromatic carbocycles. The number of halogens is 10. The number of benzene rings is 3. The van der Waals surface area contributed by atoms with E-state index in [1.165, 1.54) is 18.2 Å². The third-order valence-corrected chi connectivity index (χ3v) is 9.58. The highest BCUT2D eigenvalue weighted by Gasteiger charge is 2.39. The Bertz CT molecular complexity index is 1900. The largest absolute Gasteiger partial charge is 0.490 e. The number of nitrogens with zero attached hydrogens (tertiary/aromatic N) is 3. The summed E-state index contributed by atoms with van der Waals surface area (Å²) in [7, 11) is 2.33. The average molecular weight is 901 g/mol. The number of amides is 1. The second kappa shape index (κ2) is 23.2. The Morgan fingerprint density at radius 2 is 1.23 bits per heavy atom. The first-order chi connectivity index (χ1) is 28.6. The topological polar surface area (TPSA) is 160 Å². The summed E-state index contributed by atoms with van der Waals surface area (Å²) in [4.78, 5) is 44.7. The lowest BCUT2D eigenvalue weighted by Crippen LogP contribution is -2.56. The number of carboxylic acid groups (broad SMARTS) is 3. The molecule has 2 aliphatic rings. The van der Waals surface area contributed by atoms with Crippen LogP contribution in [0, 0.1) is 5.82 Å². The Labute approximate surface area is 350 Å². The zero-order chi connectivity index (χ0) is 47.1. The summed E-state index contributed by atoms with van der Waals surface area (Å²) in [5.74, 6) is -8.64. The number of hydrogen-bond donors (Lipinski definition) is 5. The maximum Gasteiger partial charge on any atom is 0.490 e. The van der Waals surface area contributed by atoms with E-state index in [1.807, 2.05) is 36.4 Å². The van der Waals surface area contributed by atoms with Gasteiger partial charge in [-0.2, -0.15) is 39.5 Å². The molecule has 5 N–H and O–H groups in total. The molecule has 2 saturated heterocycles. The van der Waals surface area contributed by atoms with E-state index >= 15 is 0 Å². The minimum absolute atomic E-state index is 0.112. The summed E-state index contributed by atoms with van der Waals surface area (Å²) in [6.45, 7) is 15.2. The predicted molar refractivity (Wildman–Crippen MR) is 205 cm³/mol. The second-order valence-corrected chi connectivity index (χ2v) is 14.6. The molecular formula is C40H48F10N5O7+. The number of carbonyl (C=O) groups is 4. The van der Waals surface area contributed by atoms with Gasteiger partial charge in [0.15, 0.2) is 0 Å². The lowest BCUT2D eigenvalue weighted by Gasteiger charge is -2.41. The Morgan fingerprint density at radius 1 is 0.726 bits per heavy atom. The van der Waals surface area contributed by atoms with Crippen molar-refractivity contribution in [3.05, 3.63) is 94.8 Å². The van der Waals surface area contributed by atoms with Gasteiger partial charge in [0.1, 0.15) is 5.82 Å². The van der Waals surface area contributed by atoms with E-state index in [4.69, 9.17) is 29.7 Å². The number of alkyl halides is 9. The Hall–Kier alpha value is -5.32.